The number of rotatable bonds is 7. The number of fused-ring (bicyclic) bond motifs is 1. The third kappa shape index (κ3) is 4.72. The molecule has 5 rings (SSSR count). The van der Waals surface area contributed by atoms with E-state index in [0.717, 1.165) is 11.1 Å². The molecular formula is C26H32O11. The van der Waals surface area contributed by atoms with Crippen LogP contribution in [-0.2, 0) is 18.9 Å². The highest BCUT2D eigenvalue weighted by molar-refractivity contribution is 5.45. The Morgan fingerprint density at radius 1 is 0.703 bits per heavy atom. The van der Waals surface area contributed by atoms with Gasteiger partial charge in [0.1, 0.15) is 18.3 Å². The summed E-state index contributed by atoms with van der Waals surface area (Å²) in [6.07, 6.45) is -7.31. The van der Waals surface area contributed by atoms with Gasteiger partial charge in [0.05, 0.1) is 39.6 Å². The molecule has 3 fully saturated rings. The lowest BCUT2D eigenvalue weighted by atomic mass is 9.85. The maximum Gasteiger partial charge on any atom is 0.231 e. The van der Waals surface area contributed by atoms with E-state index in [1.54, 1.807) is 24.3 Å². The Morgan fingerprint density at radius 2 is 1.27 bits per heavy atom. The zero-order valence-corrected chi connectivity index (χ0v) is 20.7. The number of phenolic OH excluding ortho intramolecular Hbond substituents is 1. The molecule has 202 valence electrons. The molecule has 3 saturated heterocycles. The van der Waals surface area contributed by atoms with Gasteiger partial charge in [-0.2, -0.15) is 0 Å². The minimum atomic E-state index is -1.51. The van der Waals surface area contributed by atoms with Crippen molar-refractivity contribution in [3.8, 4) is 23.0 Å². The predicted molar refractivity (Wildman–Crippen MR) is 126 cm³/mol. The molecule has 0 aliphatic carbocycles. The van der Waals surface area contributed by atoms with E-state index in [1.807, 2.05) is 12.1 Å². The van der Waals surface area contributed by atoms with Crippen molar-refractivity contribution in [3.05, 3.63) is 47.5 Å². The van der Waals surface area contributed by atoms with E-state index in [4.69, 9.17) is 33.2 Å². The van der Waals surface area contributed by atoms with Gasteiger partial charge in [-0.05, 0) is 35.4 Å². The molecule has 0 saturated carbocycles. The third-order valence-corrected chi connectivity index (χ3v) is 7.31. The molecule has 0 unspecified atom stereocenters. The van der Waals surface area contributed by atoms with Crippen molar-refractivity contribution in [1.82, 2.24) is 0 Å². The van der Waals surface area contributed by atoms with E-state index in [2.05, 4.69) is 0 Å². The largest absolute Gasteiger partial charge is 0.504 e. The lowest BCUT2D eigenvalue weighted by Crippen LogP contribution is -2.59. The Hall–Kier alpha value is -2.64. The van der Waals surface area contributed by atoms with Crippen LogP contribution in [0.4, 0.5) is 0 Å². The van der Waals surface area contributed by atoms with Gasteiger partial charge in [0, 0.05) is 18.9 Å². The fourth-order valence-corrected chi connectivity index (χ4v) is 5.30. The quantitative estimate of drug-likeness (QED) is 0.419. The zero-order chi connectivity index (χ0) is 26.3. The summed E-state index contributed by atoms with van der Waals surface area (Å²) in [5, 5.41) is 40.4. The molecule has 0 aromatic heterocycles. The first kappa shape index (κ1) is 26.0. The Bertz CT molecular complexity index is 1090. The fourth-order valence-electron chi connectivity index (χ4n) is 5.30. The van der Waals surface area contributed by atoms with Crippen LogP contribution in [0.25, 0.3) is 0 Å². The van der Waals surface area contributed by atoms with Crippen LogP contribution in [-0.4, -0.2) is 85.9 Å². The summed E-state index contributed by atoms with van der Waals surface area (Å²) >= 11 is 0. The van der Waals surface area contributed by atoms with Gasteiger partial charge in [-0.25, -0.2) is 0 Å². The monoisotopic (exact) mass is 520 g/mol. The normalized spacial score (nSPS) is 35.2. The molecule has 3 aliphatic heterocycles. The van der Waals surface area contributed by atoms with Crippen molar-refractivity contribution in [2.75, 3.05) is 34.5 Å². The van der Waals surface area contributed by atoms with Crippen LogP contribution in [0.5, 0.6) is 23.0 Å². The summed E-state index contributed by atoms with van der Waals surface area (Å²) in [5.41, 5.74) is 1.79. The first-order chi connectivity index (χ1) is 17.9. The highest BCUT2D eigenvalue weighted by Crippen LogP contribution is 2.51. The van der Waals surface area contributed by atoms with Gasteiger partial charge >= 0.3 is 0 Å². The number of benzene rings is 2. The molecule has 3 heterocycles. The summed E-state index contributed by atoms with van der Waals surface area (Å²) in [5.74, 6) is 1.35. The van der Waals surface area contributed by atoms with Gasteiger partial charge in [-0.3, -0.25) is 0 Å². The maximum atomic E-state index is 10.3. The van der Waals surface area contributed by atoms with Gasteiger partial charge in [-0.15, -0.1) is 0 Å². The van der Waals surface area contributed by atoms with E-state index in [0.29, 0.717) is 24.7 Å². The van der Waals surface area contributed by atoms with Gasteiger partial charge < -0.3 is 53.6 Å². The number of ether oxygens (including phenoxy) is 7. The first-order valence-electron chi connectivity index (χ1n) is 12.0. The average Bonchev–Trinajstić information content (AvgIpc) is 3.52. The minimum Gasteiger partial charge on any atom is -0.504 e. The maximum absolute atomic E-state index is 10.3. The van der Waals surface area contributed by atoms with Gasteiger partial charge in [0.25, 0.3) is 0 Å². The number of phenols is 1. The minimum absolute atomic E-state index is 0.0744. The van der Waals surface area contributed by atoms with Crippen LogP contribution >= 0.6 is 0 Å². The standard InChI is InChI=1S/C26H32O11/c1-31-18-8-12(4-6-16(18)27)23-14-10-35-24(15(14)11-34-23)13-5-7-17(19(9-13)32-2)36-26-22(30)20(28)21(29)25(33-3)37-26/h4-9,14-15,20-30H,10-11H2,1-3H3/t14-,15-,20-,21-,22+,23+,24+,25-,26+/m0/s1. The highest BCUT2D eigenvalue weighted by Gasteiger charge is 2.49. The van der Waals surface area contributed by atoms with E-state index in [9.17, 15) is 20.4 Å². The molecule has 0 radical (unpaired) electrons. The molecule has 2 aromatic carbocycles. The molecule has 9 atom stereocenters. The second-order valence-corrected chi connectivity index (χ2v) is 9.38. The zero-order valence-electron chi connectivity index (χ0n) is 20.7. The highest BCUT2D eigenvalue weighted by atomic mass is 16.8. The average molecular weight is 521 g/mol. The summed E-state index contributed by atoms with van der Waals surface area (Å²) < 4.78 is 39.4. The Labute approximate surface area is 214 Å². The van der Waals surface area contributed by atoms with Crippen molar-refractivity contribution >= 4 is 0 Å². The lowest BCUT2D eigenvalue weighted by Gasteiger charge is -2.39. The number of aliphatic hydroxyl groups is 3. The van der Waals surface area contributed by atoms with Crippen LogP contribution in [0.15, 0.2) is 36.4 Å². The van der Waals surface area contributed by atoms with Crippen molar-refractivity contribution in [3.63, 3.8) is 0 Å². The fraction of sp³-hybridized carbons (Fsp3) is 0.538. The second kappa shape index (κ2) is 10.6. The van der Waals surface area contributed by atoms with Gasteiger partial charge in [0.2, 0.25) is 6.29 Å². The molecule has 4 N–H and O–H groups in total. The molecule has 3 aliphatic rings. The van der Waals surface area contributed by atoms with Crippen LogP contribution in [0, 0.1) is 11.8 Å². The molecular weight excluding hydrogens is 488 g/mol. The molecule has 11 nitrogen and oxygen atoms in total. The summed E-state index contributed by atoms with van der Waals surface area (Å²) in [6.45, 7) is 1.01. The molecule has 37 heavy (non-hydrogen) atoms. The topological polar surface area (TPSA) is 146 Å². The Kier molecular flexibility index (Phi) is 7.46. The van der Waals surface area contributed by atoms with Crippen LogP contribution in [0.2, 0.25) is 0 Å². The van der Waals surface area contributed by atoms with Gasteiger partial charge in [0.15, 0.2) is 29.3 Å². The third-order valence-electron chi connectivity index (χ3n) is 7.31. The van der Waals surface area contributed by atoms with Crippen LogP contribution in [0.1, 0.15) is 23.3 Å². The number of hydrogen-bond donors (Lipinski definition) is 4. The molecule has 0 amide bonds. The number of aliphatic hydroxyl groups excluding tert-OH is 3. The summed E-state index contributed by atoms with van der Waals surface area (Å²) in [6, 6.07) is 10.5. The van der Waals surface area contributed by atoms with E-state index >= 15 is 0 Å². The van der Waals surface area contributed by atoms with Crippen LogP contribution < -0.4 is 14.2 Å². The Morgan fingerprint density at radius 3 is 1.86 bits per heavy atom. The predicted octanol–water partition coefficient (Wildman–Crippen LogP) is 1.27. The van der Waals surface area contributed by atoms with E-state index < -0.39 is 30.9 Å². The number of methoxy groups -OCH3 is 3. The smallest absolute Gasteiger partial charge is 0.231 e. The first-order valence-corrected chi connectivity index (χ1v) is 12.0. The number of aromatic hydroxyl groups is 1. The van der Waals surface area contributed by atoms with Crippen LogP contribution in [0.3, 0.4) is 0 Å². The SMILES string of the molecule is COc1cc([C@H]2OC[C@H]3[C@@H]2CO[C@@H]3c2ccc(O[C@@H]3O[C@H](OC)[C@@H](O)[C@H](O)[C@H]3O)c(OC)c2)ccc1O. The van der Waals surface area contributed by atoms with E-state index in [1.165, 1.54) is 21.3 Å². The number of hydrogen-bond acceptors (Lipinski definition) is 11. The molecule has 11 heteroatoms. The Balaban J connectivity index is 1.32. The summed E-state index contributed by atoms with van der Waals surface area (Å²) in [4.78, 5) is 0. The van der Waals surface area contributed by atoms with Crippen molar-refractivity contribution in [2.24, 2.45) is 11.8 Å². The van der Waals surface area contributed by atoms with Crippen molar-refractivity contribution in [2.45, 2.75) is 43.1 Å². The van der Waals surface area contributed by atoms with Gasteiger partial charge in [-0.1, -0.05) is 12.1 Å². The van der Waals surface area contributed by atoms with Crippen molar-refractivity contribution < 1.29 is 53.6 Å². The van der Waals surface area contributed by atoms with E-state index in [-0.39, 0.29) is 35.5 Å². The molecule has 2 aromatic rings. The molecule has 0 bridgehead atoms. The molecule has 0 spiro atoms. The lowest BCUT2D eigenvalue weighted by molar-refractivity contribution is -0.327. The van der Waals surface area contributed by atoms with Crippen molar-refractivity contribution in [1.29, 1.82) is 0 Å². The summed E-state index contributed by atoms with van der Waals surface area (Å²) in [7, 11) is 4.32. The second-order valence-electron chi connectivity index (χ2n) is 9.38.